The predicted molar refractivity (Wildman–Crippen MR) is 78.8 cm³/mol. The number of nitro groups is 1. The van der Waals surface area contributed by atoms with Crippen molar-refractivity contribution in [3.8, 4) is 5.75 Å². The summed E-state index contributed by atoms with van der Waals surface area (Å²) in [5.74, 6) is 0.430. The quantitative estimate of drug-likeness (QED) is 0.393. The Kier molecular flexibility index (Phi) is 6.53. The van der Waals surface area contributed by atoms with E-state index in [1.165, 1.54) is 19.2 Å². The van der Waals surface area contributed by atoms with E-state index in [9.17, 15) is 18.5 Å². The van der Waals surface area contributed by atoms with Crippen molar-refractivity contribution in [1.29, 1.82) is 0 Å². The summed E-state index contributed by atoms with van der Waals surface area (Å²) in [5, 5.41) is 13.9. The third kappa shape index (κ3) is 7.02. The van der Waals surface area contributed by atoms with Gasteiger partial charge in [0.15, 0.2) is 0 Å². The van der Waals surface area contributed by atoms with Crippen LogP contribution in [-0.2, 0) is 16.6 Å². The molecule has 0 aliphatic carbocycles. The molecule has 0 bridgehead atoms. The molecule has 0 heterocycles. The topological polar surface area (TPSA) is 111 Å². The molecule has 8 nitrogen and oxygen atoms in total. The maximum absolute atomic E-state index is 10.8. The fourth-order valence-electron chi connectivity index (χ4n) is 1.67. The number of rotatable bonds is 9. The molecule has 0 atom stereocenters. The average Bonchev–Trinajstić information content (AvgIpc) is 2.41. The highest BCUT2D eigenvalue weighted by molar-refractivity contribution is 7.88. The van der Waals surface area contributed by atoms with Crippen LogP contribution in [0.1, 0.15) is 12.0 Å². The van der Waals surface area contributed by atoms with E-state index in [1.807, 2.05) is 0 Å². The SMILES string of the molecule is COc1cc(CNCCCNS(C)(=O)=O)cc([N+](=O)[O-])c1. The number of nitrogens with zero attached hydrogens (tertiary/aromatic N) is 1. The van der Waals surface area contributed by atoms with Gasteiger partial charge in [-0.15, -0.1) is 0 Å². The smallest absolute Gasteiger partial charge is 0.273 e. The van der Waals surface area contributed by atoms with Gasteiger partial charge < -0.3 is 10.1 Å². The summed E-state index contributed by atoms with van der Waals surface area (Å²) in [7, 11) is -1.71. The zero-order valence-corrected chi connectivity index (χ0v) is 12.8. The zero-order valence-electron chi connectivity index (χ0n) is 12.0. The van der Waals surface area contributed by atoms with Crippen LogP contribution in [-0.4, -0.2) is 39.8 Å². The maximum Gasteiger partial charge on any atom is 0.273 e. The second-order valence-corrected chi connectivity index (χ2v) is 6.33. The first-order valence-corrected chi connectivity index (χ1v) is 8.18. The monoisotopic (exact) mass is 317 g/mol. The molecule has 21 heavy (non-hydrogen) atoms. The highest BCUT2D eigenvalue weighted by atomic mass is 32.2. The number of ether oxygens (including phenoxy) is 1. The summed E-state index contributed by atoms with van der Waals surface area (Å²) in [6, 6.07) is 4.55. The molecule has 0 radical (unpaired) electrons. The largest absolute Gasteiger partial charge is 0.496 e. The zero-order chi connectivity index (χ0) is 15.9. The molecule has 1 rings (SSSR count). The number of methoxy groups -OCH3 is 1. The number of nitrogens with one attached hydrogen (secondary N) is 2. The van der Waals surface area contributed by atoms with Gasteiger partial charge in [-0.05, 0) is 24.6 Å². The lowest BCUT2D eigenvalue weighted by Gasteiger charge is -2.07. The van der Waals surface area contributed by atoms with Gasteiger partial charge in [-0.25, -0.2) is 13.1 Å². The minimum atomic E-state index is -3.16. The average molecular weight is 317 g/mol. The van der Waals surface area contributed by atoms with E-state index >= 15 is 0 Å². The van der Waals surface area contributed by atoms with Crippen LogP contribution in [0.2, 0.25) is 0 Å². The van der Waals surface area contributed by atoms with E-state index in [4.69, 9.17) is 4.74 Å². The van der Waals surface area contributed by atoms with E-state index in [2.05, 4.69) is 10.0 Å². The lowest BCUT2D eigenvalue weighted by Crippen LogP contribution is -2.26. The molecule has 0 spiro atoms. The van der Waals surface area contributed by atoms with E-state index in [0.29, 0.717) is 31.8 Å². The van der Waals surface area contributed by atoms with Crippen LogP contribution in [0.4, 0.5) is 5.69 Å². The van der Waals surface area contributed by atoms with Crippen molar-refractivity contribution < 1.29 is 18.1 Å². The van der Waals surface area contributed by atoms with Crippen molar-refractivity contribution in [2.45, 2.75) is 13.0 Å². The maximum atomic E-state index is 10.8. The van der Waals surface area contributed by atoms with Gasteiger partial charge in [0.1, 0.15) is 5.75 Å². The van der Waals surface area contributed by atoms with Crippen LogP contribution in [0.3, 0.4) is 0 Å². The number of sulfonamides is 1. The molecular weight excluding hydrogens is 298 g/mol. The minimum Gasteiger partial charge on any atom is -0.496 e. The summed E-state index contributed by atoms with van der Waals surface area (Å²) in [6.07, 6.45) is 1.73. The van der Waals surface area contributed by atoms with E-state index in [0.717, 1.165) is 11.8 Å². The van der Waals surface area contributed by atoms with Gasteiger partial charge in [-0.1, -0.05) is 0 Å². The van der Waals surface area contributed by atoms with Crippen LogP contribution >= 0.6 is 0 Å². The van der Waals surface area contributed by atoms with Gasteiger partial charge >= 0.3 is 0 Å². The van der Waals surface area contributed by atoms with Crippen LogP contribution in [0.25, 0.3) is 0 Å². The number of benzene rings is 1. The van der Waals surface area contributed by atoms with Crippen molar-refractivity contribution in [3.05, 3.63) is 33.9 Å². The molecule has 2 N–H and O–H groups in total. The molecule has 0 aliphatic heterocycles. The predicted octanol–water partition coefficient (Wildman–Crippen LogP) is 0.632. The van der Waals surface area contributed by atoms with Gasteiger partial charge in [0.2, 0.25) is 10.0 Å². The third-order valence-corrected chi connectivity index (χ3v) is 3.35. The van der Waals surface area contributed by atoms with Crippen molar-refractivity contribution in [1.82, 2.24) is 10.0 Å². The summed E-state index contributed by atoms with van der Waals surface area (Å²) in [4.78, 5) is 10.3. The highest BCUT2D eigenvalue weighted by Gasteiger charge is 2.09. The van der Waals surface area contributed by atoms with Crippen molar-refractivity contribution in [3.63, 3.8) is 0 Å². The second-order valence-electron chi connectivity index (χ2n) is 4.49. The van der Waals surface area contributed by atoms with Crippen molar-refractivity contribution >= 4 is 15.7 Å². The summed E-state index contributed by atoms with van der Waals surface area (Å²) in [5.41, 5.74) is 0.710. The van der Waals surface area contributed by atoms with Crippen molar-refractivity contribution in [2.75, 3.05) is 26.5 Å². The lowest BCUT2D eigenvalue weighted by molar-refractivity contribution is -0.385. The van der Waals surface area contributed by atoms with Gasteiger partial charge in [0.05, 0.1) is 24.4 Å². The molecule has 0 saturated carbocycles. The third-order valence-electron chi connectivity index (χ3n) is 2.62. The fourth-order valence-corrected chi connectivity index (χ4v) is 2.19. The van der Waals surface area contributed by atoms with Crippen LogP contribution in [0, 0.1) is 10.1 Å². The van der Waals surface area contributed by atoms with E-state index in [-0.39, 0.29) is 5.69 Å². The van der Waals surface area contributed by atoms with Gasteiger partial charge in [0.25, 0.3) is 5.69 Å². The molecule has 1 aromatic rings. The second kappa shape index (κ2) is 7.91. The first-order valence-electron chi connectivity index (χ1n) is 6.29. The Balaban J connectivity index is 2.44. The summed E-state index contributed by atoms with van der Waals surface area (Å²) in [6.45, 7) is 1.38. The summed E-state index contributed by atoms with van der Waals surface area (Å²) < 4.78 is 29.1. The number of nitro benzene ring substituents is 1. The van der Waals surface area contributed by atoms with Crippen LogP contribution in [0.15, 0.2) is 18.2 Å². The molecule has 1 aromatic carbocycles. The molecule has 0 aromatic heterocycles. The Morgan fingerprint density at radius 3 is 2.57 bits per heavy atom. The Labute approximate surface area is 123 Å². The van der Waals surface area contributed by atoms with Crippen LogP contribution in [0.5, 0.6) is 5.75 Å². The Morgan fingerprint density at radius 2 is 2.00 bits per heavy atom. The Morgan fingerprint density at radius 1 is 1.29 bits per heavy atom. The first-order chi connectivity index (χ1) is 9.81. The molecule has 118 valence electrons. The normalized spacial score (nSPS) is 11.3. The molecule has 0 amide bonds. The van der Waals surface area contributed by atoms with E-state index < -0.39 is 14.9 Å². The molecular formula is C12H19N3O5S. The molecule has 0 saturated heterocycles. The highest BCUT2D eigenvalue weighted by Crippen LogP contribution is 2.22. The lowest BCUT2D eigenvalue weighted by atomic mass is 10.2. The molecule has 9 heteroatoms. The molecule has 0 fully saturated rings. The number of non-ortho nitro benzene ring substituents is 1. The number of hydrogen-bond donors (Lipinski definition) is 2. The Bertz CT molecular complexity index is 589. The van der Waals surface area contributed by atoms with E-state index in [1.54, 1.807) is 6.07 Å². The first kappa shape index (κ1) is 17.3. The van der Waals surface area contributed by atoms with Gasteiger partial charge in [-0.2, -0.15) is 0 Å². The van der Waals surface area contributed by atoms with Crippen LogP contribution < -0.4 is 14.8 Å². The fraction of sp³-hybridized carbons (Fsp3) is 0.500. The standard InChI is InChI=1S/C12H19N3O5S/c1-20-12-7-10(6-11(8-12)15(16)17)9-13-4-3-5-14-21(2,18)19/h6-8,13-14H,3-5,9H2,1-2H3. The number of hydrogen-bond acceptors (Lipinski definition) is 6. The minimum absolute atomic E-state index is 0.0232. The van der Waals surface area contributed by atoms with Gasteiger partial charge in [0, 0.05) is 19.2 Å². The molecule has 0 unspecified atom stereocenters. The van der Waals surface area contributed by atoms with Gasteiger partial charge in [-0.3, -0.25) is 10.1 Å². The summed E-state index contributed by atoms with van der Waals surface area (Å²) >= 11 is 0. The van der Waals surface area contributed by atoms with Crippen molar-refractivity contribution in [2.24, 2.45) is 0 Å². The molecule has 0 aliphatic rings. The Hall–Kier alpha value is -1.71.